The van der Waals surface area contributed by atoms with E-state index in [1.807, 2.05) is 72.7 Å². The van der Waals surface area contributed by atoms with Gasteiger partial charge in [-0.25, -0.2) is 4.79 Å². The molecule has 0 spiro atoms. The Morgan fingerprint density at radius 2 is 1.56 bits per heavy atom. The minimum absolute atomic E-state index is 0.377. The third kappa shape index (κ3) is 4.00. The quantitative estimate of drug-likeness (QED) is 0.823. The van der Waals surface area contributed by atoms with E-state index in [0.717, 1.165) is 11.0 Å². The maximum Gasteiger partial charge on any atom is 0.494 e. The van der Waals surface area contributed by atoms with Crippen molar-refractivity contribution in [1.82, 2.24) is 5.32 Å². The predicted molar refractivity (Wildman–Crippen MR) is 104 cm³/mol. The monoisotopic (exact) mass is 375 g/mol. The summed E-state index contributed by atoms with van der Waals surface area (Å²) in [6.45, 7) is 14.5. The SMILES string of the molecule is CC(C)(C)OC(=O)NC1(c2ccc(B3OC(C)(C)C(C)(C)O3)cc2)COC1. The molecule has 1 N–H and O–H groups in total. The van der Waals surface area contributed by atoms with Gasteiger partial charge in [0.05, 0.1) is 24.4 Å². The number of alkyl carbamates (subject to hydrolysis) is 1. The molecule has 2 aliphatic heterocycles. The smallest absolute Gasteiger partial charge is 0.444 e. The van der Waals surface area contributed by atoms with Crippen molar-refractivity contribution in [3.8, 4) is 0 Å². The van der Waals surface area contributed by atoms with E-state index >= 15 is 0 Å². The lowest BCUT2D eigenvalue weighted by Crippen LogP contribution is -2.60. The highest BCUT2D eigenvalue weighted by atomic mass is 16.7. The Morgan fingerprint density at radius 3 is 1.96 bits per heavy atom. The van der Waals surface area contributed by atoms with Crippen LogP contribution in [0.15, 0.2) is 24.3 Å². The van der Waals surface area contributed by atoms with Gasteiger partial charge in [0.1, 0.15) is 11.1 Å². The first-order valence-electron chi connectivity index (χ1n) is 9.39. The summed E-state index contributed by atoms with van der Waals surface area (Å²) in [6.07, 6.45) is -0.444. The molecule has 2 heterocycles. The van der Waals surface area contributed by atoms with Crippen LogP contribution in [0.2, 0.25) is 0 Å². The van der Waals surface area contributed by atoms with Crippen molar-refractivity contribution < 1.29 is 23.6 Å². The fraction of sp³-hybridized carbons (Fsp3) is 0.650. The van der Waals surface area contributed by atoms with E-state index in [9.17, 15) is 4.79 Å². The number of hydrogen-bond donors (Lipinski definition) is 1. The lowest BCUT2D eigenvalue weighted by atomic mass is 9.77. The zero-order valence-corrected chi connectivity index (χ0v) is 17.3. The fourth-order valence-corrected chi connectivity index (χ4v) is 3.05. The molecule has 0 aromatic heterocycles. The van der Waals surface area contributed by atoms with Gasteiger partial charge in [-0.2, -0.15) is 0 Å². The van der Waals surface area contributed by atoms with Crippen LogP contribution in [-0.2, 0) is 24.3 Å². The van der Waals surface area contributed by atoms with E-state index in [-0.39, 0.29) is 11.2 Å². The minimum atomic E-state index is -0.559. The van der Waals surface area contributed by atoms with E-state index in [0.29, 0.717) is 13.2 Å². The number of carbonyl (C=O) groups is 1. The summed E-state index contributed by atoms with van der Waals surface area (Å²) < 4.78 is 23.0. The summed E-state index contributed by atoms with van der Waals surface area (Å²) in [6, 6.07) is 7.93. The Balaban J connectivity index is 1.74. The topological polar surface area (TPSA) is 66.0 Å². The van der Waals surface area contributed by atoms with Gasteiger partial charge in [-0.3, -0.25) is 0 Å². The maximum atomic E-state index is 12.2. The average Bonchev–Trinajstić information content (AvgIpc) is 2.70. The Bertz CT molecular complexity index is 688. The van der Waals surface area contributed by atoms with Gasteiger partial charge in [0.2, 0.25) is 0 Å². The van der Waals surface area contributed by atoms with Gasteiger partial charge in [0.15, 0.2) is 0 Å². The fourth-order valence-electron chi connectivity index (χ4n) is 3.05. The second kappa shape index (κ2) is 6.50. The van der Waals surface area contributed by atoms with Crippen LogP contribution in [0.3, 0.4) is 0 Å². The molecular weight excluding hydrogens is 345 g/mol. The first-order chi connectivity index (χ1) is 12.3. The molecule has 0 atom stereocenters. The van der Waals surface area contributed by atoms with E-state index in [1.165, 1.54) is 0 Å². The Morgan fingerprint density at radius 1 is 1.04 bits per heavy atom. The van der Waals surface area contributed by atoms with E-state index in [1.54, 1.807) is 0 Å². The molecule has 6 nitrogen and oxygen atoms in total. The number of hydrogen-bond acceptors (Lipinski definition) is 5. The van der Waals surface area contributed by atoms with Crippen molar-refractivity contribution in [2.45, 2.75) is 70.8 Å². The number of nitrogens with one attached hydrogen (secondary N) is 1. The number of amides is 1. The molecule has 3 rings (SSSR count). The number of rotatable bonds is 3. The van der Waals surface area contributed by atoms with Crippen molar-refractivity contribution in [1.29, 1.82) is 0 Å². The number of ether oxygens (including phenoxy) is 2. The molecule has 0 saturated carbocycles. The molecule has 1 aromatic carbocycles. The Labute approximate surface area is 162 Å². The van der Waals surface area contributed by atoms with E-state index in [4.69, 9.17) is 18.8 Å². The van der Waals surface area contributed by atoms with Crippen molar-refractivity contribution in [2.75, 3.05) is 13.2 Å². The van der Waals surface area contributed by atoms with Crippen LogP contribution in [0.4, 0.5) is 4.79 Å². The molecule has 2 aliphatic rings. The zero-order chi connectivity index (χ0) is 20.1. The van der Waals surface area contributed by atoms with Crippen LogP contribution in [0.25, 0.3) is 0 Å². The van der Waals surface area contributed by atoms with Gasteiger partial charge >= 0.3 is 13.2 Å². The Hall–Kier alpha value is -1.57. The second-order valence-electron chi connectivity index (χ2n) is 9.41. The summed E-state index contributed by atoms with van der Waals surface area (Å²) in [5, 5.41) is 2.97. The molecule has 0 radical (unpaired) electrons. The molecular formula is C20H30BNO5. The van der Waals surface area contributed by atoms with Crippen molar-refractivity contribution in [3.05, 3.63) is 29.8 Å². The van der Waals surface area contributed by atoms with Crippen molar-refractivity contribution in [2.24, 2.45) is 0 Å². The lowest BCUT2D eigenvalue weighted by molar-refractivity contribution is -0.0797. The summed E-state index contributed by atoms with van der Waals surface area (Å²) in [5.74, 6) is 0. The standard InChI is InChI=1S/C20H30BNO5/c1-17(2,3)25-16(23)22-20(12-24-13-20)14-8-10-15(11-9-14)21-26-18(4,5)19(6,7)27-21/h8-11H,12-13H2,1-7H3,(H,22,23). The van der Waals surface area contributed by atoms with Crippen molar-refractivity contribution >= 4 is 18.7 Å². The van der Waals surface area contributed by atoms with E-state index < -0.39 is 24.4 Å². The highest BCUT2D eigenvalue weighted by molar-refractivity contribution is 6.62. The summed E-state index contributed by atoms with van der Waals surface area (Å²) in [4.78, 5) is 12.2. The van der Waals surface area contributed by atoms with Gasteiger partial charge < -0.3 is 24.1 Å². The number of benzene rings is 1. The third-order valence-corrected chi connectivity index (χ3v) is 5.43. The molecule has 2 saturated heterocycles. The molecule has 1 aromatic rings. The first-order valence-corrected chi connectivity index (χ1v) is 9.39. The normalized spacial score (nSPS) is 22.9. The molecule has 7 heteroatoms. The second-order valence-corrected chi connectivity index (χ2v) is 9.41. The van der Waals surface area contributed by atoms with Gasteiger partial charge in [-0.05, 0) is 59.5 Å². The number of carbonyl (C=O) groups excluding carboxylic acids is 1. The predicted octanol–water partition coefficient (Wildman–Crippen LogP) is 2.74. The minimum Gasteiger partial charge on any atom is -0.444 e. The molecule has 0 bridgehead atoms. The zero-order valence-electron chi connectivity index (χ0n) is 17.3. The summed E-state index contributed by atoms with van der Waals surface area (Å²) in [5.41, 5.74) is 0.0627. The molecule has 27 heavy (non-hydrogen) atoms. The highest BCUT2D eigenvalue weighted by Crippen LogP contribution is 2.36. The highest BCUT2D eigenvalue weighted by Gasteiger charge is 2.52. The van der Waals surface area contributed by atoms with Gasteiger partial charge in [0.25, 0.3) is 0 Å². The van der Waals surface area contributed by atoms with Crippen LogP contribution >= 0.6 is 0 Å². The van der Waals surface area contributed by atoms with Crippen molar-refractivity contribution in [3.63, 3.8) is 0 Å². The van der Waals surface area contributed by atoms with Crippen LogP contribution in [0.5, 0.6) is 0 Å². The molecule has 2 fully saturated rings. The van der Waals surface area contributed by atoms with Gasteiger partial charge in [-0.1, -0.05) is 24.3 Å². The first kappa shape index (κ1) is 20.2. The molecule has 1 amide bonds. The maximum absolute atomic E-state index is 12.2. The Kier molecular flexibility index (Phi) is 4.86. The lowest BCUT2D eigenvalue weighted by Gasteiger charge is -2.42. The molecule has 0 unspecified atom stereocenters. The van der Waals surface area contributed by atoms with E-state index in [2.05, 4.69) is 5.32 Å². The molecule has 148 valence electrons. The average molecular weight is 375 g/mol. The largest absolute Gasteiger partial charge is 0.494 e. The third-order valence-electron chi connectivity index (χ3n) is 5.43. The van der Waals surface area contributed by atoms with Crippen LogP contribution in [0.1, 0.15) is 54.0 Å². The van der Waals surface area contributed by atoms with Gasteiger partial charge in [0, 0.05) is 0 Å². The summed E-state index contributed by atoms with van der Waals surface area (Å²) in [7, 11) is -0.406. The molecule has 0 aliphatic carbocycles. The van der Waals surface area contributed by atoms with Crippen LogP contribution in [-0.4, -0.2) is 43.2 Å². The van der Waals surface area contributed by atoms with Crippen LogP contribution in [0, 0.1) is 0 Å². The van der Waals surface area contributed by atoms with Crippen LogP contribution < -0.4 is 10.8 Å². The van der Waals surface area contributed by atoms with Gasteiger partial charge in [-0.15, -0.1) is 0 Å². The summed E-state index contributed by atoms with van der Waals surface area (Å²) >= 11 is 0.